The molecule has 3 rings (SSSR count). The second kappa shape index (κ2) is 6.48. The van der Waals surface area contributed by atoms with Crippen LogP contribution in [0.4, 0.5) is 10.1 Å². The number of ether oxygens (including phenoxy) is 1. The molecule has 1 heterocycles. The van der Waals surface area contributed by atoms with E-state index in [0.717, 1.165) is 11.3 Å². The molecule has 0 saturated heterocycles. The van der Waals surface area contributed by atoms with Gasteiger partial charge in [0.25, 0.3) is 0 Å². The van der Waals surface area contributed by atoms with Crippen molar-refractivity contribution in [2.45, 2.75) is 5.92 Å². The van der Waals surface area contributed by atoms with Crippen molar-refractivity contribution in [3.05, 3.63) is 90.0 Å². The zero-order valence-corrected chi connectivity index (χ0v) is 12.6. The Balaban J connectivity index is 1.97. The molecule has 2 aromatic carbocycles. The molecule has 1 aliphatic rings. The molecule has 1 atom stereocenters. The molecule has 0 aromatic heterocycles. The molecule has 0 N–H and O–H groups in total. The zero-order valence-electron chi connectivity index (χ0n) is 12.6. The van der Waals surface area contributed by atoms with Crippen molar-refractivity contribution in [2.75, 3.05) is 12.0 Å². The Morgan fingerprint density at radius 3 is 2.43 bits per heavy atom. The lowest BCUT2D eigenvalue weighted by Crippen LogP contribution is -2.21. The molecule has 0 amide bonds. The third-order valence-corrected chi connectivity index (χ3v) is 3.76. The molecule has 1 aliphatic heterocycles. The number of carbonyl (C=O) groups excluding carboxylic acids is 1. The fraction of sp³-hybridized carbons (Fsp3) is 0.105. The van der Waals surface area contributed by atoms with Crippen molar-refractivity contribution in [1.82, 2.24) is 0 Å². The lowest BCUT2D eigenvalue weighted by Gasteiger charge is -2.26. The van der Waals surface area contributed by atoms with Crippen LogP contribution in [0.3, 0.4) is 0 Å². The maximum Gasteiger partial charge on any atom is 0.336 e. The quantitative estimate of drug-likeness (QED) is 0.803. The fourth-order valence-electron chi connectivity index (χ4n) is 2.58. The minimum absolute atomic E-state index is 0.166. The second-order valence-corrected chi connectivity index (χ2v) is 5.19. The van der Waals surface area contributed by atoms with Crippen LogP contribution in [0.1, 0.15) is 11.5 Å². The predicted octanol–water partition coefficient (Wildman–Crippen LogP) is 4.00. The molecular formula is C19H16FNO2. The summed E-state index contributed by atoms with van der Waals surface area (Å²) in [5.74, 6) is -0.843. The number of anilines is 1. The van der Waals surface area contributed by atoms with E-state index in [4.69, 9.17) is 4.74 Å². The molecule has 0 bridgehead atoms. The first kappa shape index (κ1) is 15.0. The van der Waals surface area contributed by atoms with E-state index in [1.807, 2.05) is 42.6 Å². The van der Waals surface area contributed by atoms with E-state index in [2.05, 4.69) is 0 Å². The van der Waals surface area contributed by atoms with Gasteiger partial charge in [-0.05, 0) is 29.8 Å². The minimum atomic E-state index is -0.379. The SMILES string of the molecule is COC(=O)C1=CN(c2ccc(F)cc2)C=C[C@H]1c1ccccc1. The summed E-state index contributed by atoms with van der Waals surface area (Å²) in [7, 11) is 1.37. The normalized spacial score (nSPS) is 16.9. The van der Waals surface area contributed by atoms with Crippen LogP contribution >= 0.6 is 0 Å². The van der Waals surface area contributed by atoms with Gasteiger partial charge in [-0.25, -0.2) is 9.18 Å². The third kappa shape index (κ3) is 3.16. The molecule has 0 saturated carbocycles. The minimum Gasteiger partial charge on any atom is -0.466 e. The number of nitrogens with zero attached hydrogens (tertiary/aromatic N) is 1. The standard InChI is InChI=1S/C19H16FNO2/c1-23-19(22)18-13-21(16-9-7-15(20)8-10-16)12-11-17(18)14-5-3-2-4-6-14/h2-13,17H,1H3/t17-/m0/s1. The Kier molecular flexibility index (Phi) is 4.24. The average Bonchev–Trinajstić information content (AvgIpc) is 2.62. The number of carbonyl (C=O) groups is 1. The van der Waals surface area contributed by atoms with Gasteiger partial charge in [0.2, 0.25) is 0 Å². The number of methoxy groups -OCH3 is 1. The van der Waals surface area contributed by atoms with Gasteiger partial charge in [0.1, 0.15) is 5.82 Å². The molecule has 0 radical (unpaired) electrons. The van der Waals surface area contributed by atoms with Crippen molar-refractivity contribution >= 4 is 11.7 Å². The first-order chi connectivity index (χ1) is 11.2. The van der Waals surface area contributed by atoms with Crippen LogP contribution in [-0.2, 0) is 9.53 Å². The second-order valence-electron chi connectivity index (χ2n) is 5.19. The molecule has 4 heteroatoms. The monoisotopic (exact) mass is 309 g/mol. The number of rotatable bonds is 3. The van der Waals surface area contributed by atoms with Gasteiger partial charge in [0.05, 0.1) is 12.7 Å². The average molecular weight is 309 g/mol. The molecule has 0 spiro atoms. The van der Waals surface area contributed by atoms with Crippen LogP contribution < -0.4 is 4.90 Å². The number of benzene rings is 2. The Bertz CT molecular complexity index is 751. The molecule has 0 unspecified atom stereocenters. The summed E-state index contributed by atoms with van der Waals surface area (Å²) < 4.78 is 18.0. The van der Waals surface area contributed by atoms with Crippen molar-refractivity contribution in [3.8, 4) is 0 Å². The Labute approximate surface area is 134 Å². The highest BCUT2D eigenvalue weighted by atomic mass is 19.1. The van der Waals surface area contributed by atoms with Gasteiger partial charge in [0.15, 0.2) is 0 Å². The van der Waals surface area contributed by atoms with Gasteiger partial charge in [-0.2, -0.15) is 0 Å². The summed E-state index contributed by atoms with van der Waals surface area (Å²) in [4.78, 5) is 14.0. The number of halogens is 1. The van der Waals surface area contributed by atoms with E-state index >= 15 is 0 Å². The third-order valence-electron chi connectivity index (χ3n) is 3.76. The first-order valence-electron chi connectivity index (χ1n) is 7.26. The van der Waals surface area contributed by atoms with Crippen LogP contribution in [-0.4, -0.2) is 13.1 Å². The summed E-state index contributed by atoms with van der Waals surface area (Å²) in [6, 6.07) is 15.8. The Hall–Kier alpha value is -2.88. The number of hydrogen-bond donors (Lipinski definition) is 0. The lowest BCUT2D eigenvalue weighted by atomic mass is 9.90. The van der Waals surface area contributed by atoms with Gasteiger partial charge in [-0.3, -0.25) is 0 Å². The maximum absolute atomic E-state index is 13.1. The van der Waals surface area contributed by atoms with E-state index < -0.39 is 0 Å². The predicted molar refractivity (Wildman–Crippen MR) is 87.3 cm³/mol. The zero-order chi connectivity index (χ0) is 16.2. The number of esters is 1. The molecule has 0 aliphatic carbocycles. The van der Waals surface area contributed by atoms with Crippen LogP contribution in [0.25, 0.3) is 0 Å². The van der Waals surface area contributed by atoms with E-state index in [1.165, 1.54) is 19.2 Å². The Morgan fingerprint density at radius 1 is 1.09 bits per heavy atom. The smallest absolute Gasteiger partial charge is 0.336 e. The van der Waals surface area contributed by atoms with Gasteiger partial charge >= 0.3 is 5.97 Å². The molecule has 0 fully saturated rings. The summed E-state index contributed by atoms with van der Waals surface area (Å²) in [6.45, 7) is 0. The highest BCUT2D eigenvalue weighted by Crippen LogP contribution is 2.32. The highest BCUT2D eigenvalue weighted by molar-refractivity contribution is 5.92. The topological polar surface area (TPSA) is 29.5 Å². The molecule has 23 heavy (non-hydrogen) atoms. The fourth-order valence-corrected chi connectivity index (χ4v) is 2.58. The molecule has 116 valence electrons. The summed E-state index contributed by atoms with van der Waals surface area (Å²) >= 11 is 0. The largest absolute Gasteiger partial charge is 0.466 e. The van der Waals surface area contributed by atoms with Gasteiger partial charge < -0.3 is 9.64 Å². The first-order valence-corrected chi connectivity index (χ1v) is 7.26. The van der Waals surface area contributed by atoms with E-state index in [1.54, 1.807) is 23.2 Å². The maximum atomic E-state index is 13.1. The highest BCUT2D eigenvalue weighted by Gasteiger charge is 2.25. The van der Waals surface area contributed by atoms with Crippen LogP contribution in [0.2, 0.25) is 0 Å². The number of allylic oxidation sites excluding steroid dienone is 1. The summed E-state index contributed by atoms with van der Waals surface area (Å²) in [5.41, 5.74) is 2.32. The van der Waals surface area contributed by atoms with Crippen LogP contribution in [0.5, 0.6) is 0 Å². The van der Waals surface area contributed by atoms with Gasteiger partial charge in [-0.1, -0.05) is 36.4 Å². The molecular weight excluding hydrogens is 293 g/mol. The Morgan fingerprint density at radius 2 is 1.78 bits per heavy atom. The van der Waals surface area contributed by atoms with Crippen molar-refractivity contribution in [2.24, 2.45) is 0 Å². The summed E-state index contributed by atoms with van der Waals surface area (Å²) in [5, 5.41) is 0. The van der Waals surface area contributed by atoms with Gasteiger partial charge in [0, 0.05) is 24.0 Å². The van der Waals surface area contributed by atoms with E-state index in [0.29, 0.717) is 5.57 Å². The summed E-state index contributed by atoms with van der Waals surface area (Å²) in [6.07, 6.45) is 5.54. The van der Waals surface area contributed by atoms with Crippen molar-refractivity contribution < 1.29 is 13.9 Å². The lowest BCUT2D eigenvalue weighted by molar-refractivity contribution is -0.136. The van der Waals surface area contributed by atoms with Crippen molar-refractivity contribution in [1.29, 1.82) is 0 Å². The molecule has 2 aromatic rings. The van der Waals surface area contributed by atoms with Crippen LogP contribution in [0.15, 0.2) is 78.6 Å². The number of hydrogen-bond acceptors (Lipinski definition) is 3. The van der Waals surface area contributed by atoms with Gasteiger partial charge in [-0.15, -0.1) is 0 Å². The van der Waals surface area contributed by atoms with E-state index in [9.17, 15) is 9.18 Å². The molecule has 3 nitrogen and oxygen atoms in total. The van der Waals surface area contributed by atoms with Crippen LogP contribution in [0, 0.1) is 5.82 Å². The van der Waals surface area contributed by atoms with Crippen molar-refractivity contribution in [3.63, 3.8) is 0 Å². The van der Waals surface area contributed by atoms with E-state index in [-0.39, 0.29) is 17.7 Å².